The van der Waals surface area contributed by atoms with E-state index in [-0.39, 0.29) is 0 Å². The second-order valence-corrected chi connectivity index (χ2v) is 4.72. The van der Waals surface area contributed by atoms with Crippen LogP contribution in [0.3, 0.4) is 0 Å². The molecule has 0 radical (unpaired) electrons. The van der Waals surface area contributed by atoms with Gasteiger partial charge in [0.15, 0.2) is 0 Å². The largest absolute Gasteiger partial charge is 0.317 e. The predicted octanol–water partition coefficient (Wildman–Crippen LogP) is 2.64. The van der Waals surface area contributed by atoms with Crippen molar-refractivity contribution in [2.45, 2.75) is 58.4 Å². The van der Waals surface area contributed by atoms with E-state index in [1.807, 2.05) is 0 Å². The molecule has 1 fully saturated rings. The van der Waals surface area contributed by atoms with Crippen LogP contribution in [0.1, 0.15) is 52.4 Å². The second kappa shape index (κ2) is 8.12. The van der Waals surface area contributed by atoms with E-state index in [1.54, 1.807) is 0 Å². The van der Waals surface area contributed by atoms with Crippen molar-refractivity contribution in [2.24, 2.45) is 0 Å². The van der Waals surface area contributed by atoms with Crippen LogP contribution in [0.2, 0.25) is 0 Å². The second-order valence-electron chi connectivity index (χ2n) is 4.72. The third-order valence-corrected chi connectivity index (χ3v) is 3.33. The van der Waals surface area contributed by atoms with Gasteiger partial charge in [0, 0.05) is 6.04 Å². The first kappa shape index (κ1) is 13.0. The van der Waals surface area contributed by atoms with E-state index in [1.165, 1.54) is 64.7 Å². The number of likely N-dealkylation sites (tertiary alicyclic amines) is 1. The zero-order valence-corrected chi connectivity index (χ0v) is 10.6. The lowest BCUT2D eigenvalue weighted by molar-refractivity contribution is 0.240. The number of nitrogens with zero attached hydrogens (tertiary/aromatic N) is 1. The van der Waals surface area contributed by atoms with Gasteiger partial charge in [0.25, 0.3) is 0 Å². The molecule has 0 aromatic carbocycles. The summed E-state index contributed by atoms with van der Waals surface area (Å²) in [6.07, 6.45) is 8.18. The number of hydrogen-bond acceptors (Lipinski definition) is 2. The zero-order valence-electron chi connectivity index (χ0n) is 10.6. The minimum absolute atomic E-state index is 0.897. The lowest BCUT2D eigenvalue weighted by Gasteiger charge is -2.23. The maximum Gasteiger partial charge on any atom is 0.00962 e. The van der Waals surface area contributed by atoms with Gasteiger partial charge in [0.2, 0.25) is 0 Å². The van der Waals surface area contributed by atoms with Crippen LogP contribution in [-0.4, -0.2) is 37.1 Å². The molecule has 1 aliphatic heterocycles. The minimum Gasteiger partial charge on any atom is -0.317 e. The molecule has 15 heavy (non-hydrogen) atoms. The first-order valence-electron chi connectivity index (χ1n) is 6.83. The maximum absolute atomic E-state index is 3.49. The van der Waals surface area contributed by atoms with Crippen LogP contribution in [0.25, 0.3) is 0 Å². The topological polar surface area (TPSA) is 15.3 Å². The average molecular weight is 212 g/mol. The maximum atomic E-state index is 3.49. The van der Waals surface area contributed by atoms with Crippen molar-refractivity contribution in [1.29, 1.82) is 0 Å². The van der Waals surface area contributed by atoms with E-state index in [0.717, 1.165) is 6.04 Å². The summed E-state index contributed by atoms with van der Waals surface area (Å²) in [6.45, 7) is 9.58. The molecule has 1 N–H and O–H groups in total. The first-order valence-corrected chi connectivity index (χ1v) is 6.83. The third kappa shape index (κ3) is 4.98. The molecule has 1 aliphatic rings. The highest BCUT2D eigenvalue weighted by atomic mass is 15.2. The molecule has 1 atom stereocenters. The molecule has 0 saturated carbocycles. The van der Waals surface area contributed by atoms with Gasteiger partial charge >= 0.3 is 0 Å². The molecule has 0 unspecified atom stereocenters. The summed E-state index contributed by atoms with van der Waals surface area (Å²) in [5, 5.41) is 3.49. The Bertz CT molecular complexity index is 147. The van der Waals surface area contributed by atoms with Crippen LogP contribution in [0.15, 0.2) is 0 Å². The molecule has 2 nitrogen and oxygen atoms in total. The van der Waals surface area contributed by atoms with Crippen molar-refractivity contribution in [3.63, 3.8) is 0 Å². The van der Waals surface area contributed by atoms with Crippen LogP contribution in [0, 0.1) is 0 Å². The zero-order chi connectivity index (χ0) is 10.9. The molecule has 0 aromatic rings. The lowest BCUT2D eigenvalue weighted by atomic mass is 10.1. The summed E-state index contributed by atoms with van der Waals surface area (Å²) in [7, 11) is 0. The third-order valence-electron chi connectivity index (χ3n) is 3.33. The van der Waals surface area contributed by atoms with Crippen molar-refractivity contribution in [3.05, 3.63) is 0 Å². The molecule has 0 spiro atoms. The smallest absolute Gasteiger partial charge is 0.00962 e. The molecular weight excluding hydrogens is 184 g/mol. The normalized spacial score (nSPS) is 22.4. The minimum atomic E-state index is 0.897. The summed E-state index contributed by atoms with van der Waals surface area (Å²) < 4.78 is 0. The van der Waals surface area contributed by atoms with Gasteiger partial charge < -0.3 is 10.2 Å². The number of hydrogen-bond donors (Lipinski definition) is 1. The Labute approximate surface area is 95.4 Å². The fourth-order valence-electron chi connectivity index (χ4n) is 2.57. The fraction of sp³-hybridized carbons (Fsp3) is 1.00. The van der Waals surface area contributed by atoms with Crippen molar-refractivity contribution >= 4 is 0 Å². The highest BCUT2D eigenvalue weighted by Gasteiger charge is 2.22. The Balaban J connectivity index is 2.03. The Kier molecular flexibility index (Phi) is 7.03. The molecule has 0 amide bonds. The molecule has 90 valence electrons. The summed E-state index contributed by atoms with van der Waals surface area (Å²) >= 11 is 0. The van der Waals surface area contributed by atoms with E-state index < -0.39 is 0 Å². The predicted molar refractivity (Wildman–Crippen MR) is 67.3 cm³/mol. The molecule has 0 aromatic heterocycles. The first-order chi connectivity index (χ1) is 7.38. The van der Waals surface area contributed by atoms with Crippen LogP contribution in [-0.2, 0) is 0 Å². The average Bonchev–Trinajstić information content (AvgIpc) is 2.66. The van der Waals surface area contributed by atoms with E-state index in [2.05, 4.69) is 24.1 Å². The number of rotatable bonds is 8. The van der Waals surface area contributed by atoms with Gasteiger partial charge in [-0.05, 0) is 64.7 Å². The Morgan fingerprint density at radius 2 is 2.07 bits per heavy atom. The van der Waals surface area contributed by atoms with Crippen LogP contribution in [0.4, 0.5) is 0 Å². The van der Waals surface area contributed by atoms with Gasteiger partial charge in [-0.15, -0.1) is 0 Å². The standard InChI is InChI=1S/C13H28N2/c1-3-9-14-10-5-7-13-8-6-12-15(13)11-4-2/h13-14H,3-12H2,1-2H3/t13-/m1/s1. The Morgan fingerprint density at radius 3 is 2.80 bits per heavy atom. The van der Waals surface area contributed by atoms with Crippen molar-refractivity contribution < 1.29 is 0 Å². The van der Waals surface area contributed by atoms with E-state index in [9.17, 15) is 0 Å². The lowest BCUT2D eigenvalue weighted by Crippen LogP contribution is -2.30. The summed E-state index contributed by atoms with van der Waals surface area (Å²) in [5.74, 6) is 0. The van der Waals surface area contributed by atoms with E-state index in [4.69, 9.17) is 0 Å². The van der Waals surface area contributed by atoms with Gasteiger partial charge in [-0.1, -0.05) is 13.8 Å². The van der Waals surface area contributed by atoms with Crippen molar-refractivity contribution in [1.82, 2.24) is 10.2 Å². The molecule has 1 saturated heterocycles. The SMILES string of the molecule is CCCNCCC[C@@H]1CCCN1CCC. The van der Waals surface area contributed by atoms with Crippen LogP contribution in [0.5, 0.6) is 0 Å². The molecule has 0 bridgehead atoms. The molecule has 1 heterocycles. The molecule has 2 heteroatoms. The highest BCUT2D eigenvalue weighted by molar-refractivity contribution is 4.78. The number of nitrogens with one attached hydrogen (secondary N) is 1. The quantitative estimate of drug-likeness (QED) is 0.622. The molecule has 1 rings (SSSR count). The van der Waals surface area contributed by atoms with Crippen LogP contribution >= 0.6 is 0 Å². The van der Waals surface area contributed by atoms with E-state index in [0.29, 0.717) is 0 Å². The van der Waals surface area contributed by atoms with E-state index >= 15 is 0 Å². The molecule has 0 aliphatic carbocycles. The Morgan fingerprint density at radius 1 is 1.20 bits per heavy atom. The van der Waals surface area contributed by atoms with Gasteiger partial charge in [-0.3, -0.25) is 0 Å². The van der Waals surface area contributed by atoms with Gasteiger partial charge in [0.1, 0.15) is 0 Å². The van der Waals surface area contributed by atoms with Crippen LogP contribution < -0.4 is 5.32 Å². The van der Waals surface area contributed by atoms with Crippen molar-refractivity contribution in [3.8, 4) is 0 Å². The Hall–Kier alpha value is -0.0800. The van der Waals surface area contributed by atoms with Gasteiger partial charge in [0.05, 0.1) is 0 Å². The van der Waals surface area contributed by atoms with Gasteiger partial charge in [-0.2, -0.15) is 0 Å². The summed E-state index contributed by atoms with van der Waals surface area (Å²) in [6, 6.07) is 0.897. The van der Waals surface area contributed by atoms with Gasteiger partial charge in [-0.25, -0.2) is 0 Å². The van der Waals surface area contributed by atoms with Crippen molar-refractivity contribution in [2.75, 3.05) is 26.2 Å². The fourth-order valence-corrected chi connectivity index (χ4v) is 2.57. The molecular formula is C13H28N2. The summed E-state index contributed by atoms with van der Waals surface area (Å²) in [4.78, 5) is 2.69. The highest BCUT2D eigenvalue weighted by Crippen LogP contribution is 2.20. The summed E-state index contributed by atoms with van der Waals surface area (Å²) in [5.41, 5.74) is 0. The monoisotopic (exact) mass is 212 g/mol.